The highest BCUT2D eigenvalue weighted by Crippen LogP contribution is 2.19. The van der Waals surface area contributed by atoms with Crippen molar-refractivity contribution in [3.8, 4) is 0 Å². The van der Waals surface area contributed by atoms with Gasteiger partial charge in [-0.2, -0.15) is 0 Å². The van der Waals surface area contributed by atoms with E-state index in [1.54, 1.807) is 0 Å². The summed E-state index contributed by atoms with van der Waals surface area (Å²) in [5.74, 6) is 0. The molecule has 1 aliphatic rings. The van der Waals surface area contributed by atoms with E-state index in [2.05, 4.69) is 24.5 Å². The fourth-order valence-electron chi connectivity index (χ4n) is 2.77. The molecule has 5 nitrogen and oxygen atoms in total. The highest BCUT2D eigenvalue weighted by molar-refractivity contribution is 5.68. The van der Waals surface area contributed by atoms with Crippen molar-refractivity contribution in [2.45, 2.75) is 96.9 Å². The topological polar surface area (TPSA) is 59.6 Å². The Morgan fingerprint density at radius 3 is 2.26 bits per heavy atom. The molecule has 0 aromatic heterocycles. The van der Waals surface area contributed by atoms with Crippen LogP contribution in [0.15, 0.2) is 0 Å². The van der Waals surface area contributed by atoms with Gasteiger partial charge in [0.15, 0.2) is 0 Å². The Hall–Kier alpha value is -0.810. The average molecular weight is 328 g/mol. The van der Waals surface area contributed by atoms with Crippen LogP contribution in [0, 0.1) is 0 Å². The normalized spacial score (nSPS) is 22.2. The van der Waals surface area contributed by atoms with Gasteiger partial charge in [0.1, 0.15) is 5.60 Å². The fraction of sp³-hybridized carbons (Fsp3) is 0.944. The predicted molar refractivity (Wildman–Crippen MR) is 93.7 cm³/mol. The van der Waals surface area contributed by atoms with E-state index in [4.69, 9.17) is 9.47 Å². The third-order valence-corrected chi connectivity index (χ3v) is 3.90. The maximum atomic E-state index is 11.8. The minimum Gasteiger partial charge on any atom is -0.444 e. The Morgan fingerprint density at radius 1 is 1.09 bits per heavy atom. The van der Waals surface area contributed by atoms with Crippen LogP contribution in [0.25, 0.3) is 0 Å². The number of hydrogen-bond acceptors (Lipinski definition) is 4. The third kappa shape index (κ3) is 10.6. The van der Waals surface area contributed by atoms with Crippen LogP contribution in [0.1, 0.15) is 73.1 Å². The van der Waals surface area contributed by atoms with Crippen LogP contribution >= 0.6 is 0 Å². The second-order valence-corrected chi connectivity index (χ2v) is 7.78. The number of amides is 1. The van der Waals surface area contributed by atoms with Crippen molar-refractivity contribution in [3.63, 3.8) is 0 Å². The number of carbonyl (C=O) groups is 1. The van der Waals surface area contributed by atoms with E-state index < -0.39 is 5.60 Å². The van der Waals surface area contributed by atoms with Crippen LogP contribution in [-0.2, 0) is 9.47 Å². The first-order chi connectivity index (χ1) is 10.8. The molecular formula is C18H36N2O3. The van der Waals surface area contributed by atoms with Gasteiger partial charge in [-0.3, -0.25) is 0 Å². The quantitative estimate of drug-likeness (QED) is 0.668. The van der Waals surface area contributed by atoms with E-state index >= 15 is 0 Å². The Morgan fingerprint density at radius 2 is 1.70 bits per heavy atom. The number of hydrogen-bond donors (Lipinski definition) is 2. The number of rotatable bonds is 8. The number of unbranched alkanes of at least 4 members (excludes halogenated alkanes) is 1. The minimum atomic E-state index is -0.428. The van der Waals surface area contributed by atoms with Gasteiger partial charge in [-0.15, -0.1) is 0 Å². The molecule has 0 aliphatic heterocycles. The fourth-order valence-corrected chi connectivity index (χ4v) is 2.77. The molecule has 0 aromatic carbocycles. The van der Waals surface area contributed by atoms with Gasteiger partial charge in [0, 0.05) is 18.7 Å². The zero-order chi connectivity index (χ0) is 17.3. The van der Waals surface area contributed by atoms with Gasteiger partial charge in [0.05, 0.1) is 6.10 Å². The molecule has 5 heteroatoms. The molecule has 0 spiro atoms. The summed E-state index contributed by atoms with van der Waals surface area (Å²) in [6.45, 7) is 11.7. The molecule has 0 bridgehead atoms. The van der Waals surface area contributed by atoms with Crippen molar-refractivity contribution in [1.82, 2.24) is 10.6 Å². The lowest BCUT2D eigenvalue weighted by Gasteiger charge is -2.30. The van der Waals surface area contributed by atoms with Crippen LogP contribution in [0.3, 0.4) is 0 Å². The van der Waals surface area contributed by atoms with E-state index in [0.717, 1.165) is 51.7 Å². The van der Waals surface area contributed by atoms with E-state index in [0.29, 0.717) is 12.1 Å². The van der Waals surface area contributed by atoms with Gasteiger partial charge >= 0.3 is 6.09 Å². The summed E-state index contributed by atoms with van der Waals surface area (Å²) in [4.78, 5) is 11.8. The van der Waals surface area contributed by atoms with Crippen molar-refractivity contribution >= 4 is 6.09 Å². The molecule has 0 atom stereocenters. The molecule has 0 unspecified atom stereocenters. The van der Waals surface area contributed by atoms with Crippen LogP contribution < -0.4 is 10.6 Å². The minimum absolute atomic E-state index is 0.252. The van der Waals surface area contributed by atoms with E-state index in [1.165, 1.54) is 0 Å². The van der Waals surface area contributed by atoms with Crippen molar-refractivity contribution in [1.29, 1.82) is 0 Å². The Balaban J connectivity index is 2.06. The van der Waals surface area contributed by atoms with Crippen LogP contribution in [0.4, 0.5) is 4.79 Å². The number of nitrogens with one attached hydrogen (secondary N) is 2. The lowest BCUT2D eigenvalue weighted by Crippen LogP contribution is -2.44. The maximum Gasteiger partial charge on any atom is 0.407 e. The largest absolute Gasteiger partial charge is 0.444 e. The zero-order valence-electron chi connectivity index (χ0n) is 15.6. The van der Waals surface area contributed by atoms with Gasteiger partial charge in [-0.05, 0) is 79.7 Å². The summed E-state index contributed by atoms with van der Waals surface area (Å²) in [5.41, 5.74) is -0.428. The van der Waals surface area contributed by atoms with E-state index in [1.807, 2.05) is 20.8 Å². The second-order valence-electron chi connectivity index (χ2n) is 7.78. The molecule has 1 amide bonds. The molecule has 2 N–H and O–H groups in total. The summed E-state index contributed by atoms with van der Waals surface area (Å²) in [5, 5.41) is 6.61. The van der Waals surface area contributed by atoms with Crippen molar-refractivity contribution in [2.75, 3.05) is 13.2 Å². The molecule has 1 saturated carbocycles. The highest BCUT2D eigenvalue weighted by Gasteiger charge is 2.24. The van der Waals surface area contributed by atoms with Gasteiger partial charge in [0.25, 0.3) is 0 Å². The molecule has 0 heterocycles. The van der Waals surface area contributed by atoms with Crippen LogP contribution in [-0.4, -0.2) is 43.0 Å². The zero-order valence-corrected chi connectivity index (χ0v) is 15.6. The first-order valence-corrected chi connectivity index (χ1v) is 9.11. The summed E-state index contributed by atoms with van der Waals surface area (Å²) in [6, 6.07) is 0.833. The number of carbonyl (C=O) groups excluding carboxylic acids is 1. The van der Waals surface area contributed by atoms with Crippen molar-refractivity contribution < 1.29 is 14.3 Å². The van der Waals surface area contributed by atoms with Gasteiger partial charge in [-0.25, -0.2) is 4.79 Å². The average Bonchev–Trinajstić information content (AvgIpc) is 2.42. The van der Waals surface area contributed by atoms with Crippen LogP contribution in [0.2, 0.25) is 0 Å². The lowest BCUT2D eigenvalue weighted by atomic mass is 9.91. The summed E-state index contributed by atoms with van der Waals surface area (Å²) < 4.78 is 10.8. The Bertz CT molecular complexity index is 332. The first-order valence-electron chi connectivity index (χ1n) is 9.11. The Labute approximate surface area is 141 Å². The molecule has 0 saturated heterocycles. The number of ether oxygens (including phenoxy) is 2. The van der Waals surface area contributed by atoms with Gasteiger partial charge in [0.2, 0.25) is 0 Å². The molecule has 23 heavy (non-hydrogen) atoms. The SMILES string of the molecule is CC(C)OCCCCNC1CCC(NC(=O)OC(C)(C)C)CC1. The van der Waals surface area contributed by atoms with Gasteiger partial charge < -0.3 is 20.1 Å². The van der Waals surface area contributed by atoms with Crippen molar-refractivity contribution in [3.05, 3.63) is 0 Å². The van der Waals surface area contributed by atoms with E-state index in [9.17, 15) is 4.79 Å². The first kappa shape index (κ1) is 20.2. The smallest absolute Gasteiger partial charge is 0.407 e. The molecule has 136 valence electrons. The number of alkyl carbamates (subject to hydrolysis) is 1. The molecule has 1 fully saturated rings. The molecule has 0 aromatic rings. The summed E-state index contributed by atoms with van der Waals surface area (Å²) in [7, 11) is 0. The summed E-state index contributed by atoms with van der Waals surface area (Å²) >= 11 is 0. The molecule has 1 aliphatic carbocycles. The predicted octanol–water partition coefficient (Wildman–Crippen LogP) is 3.62. The molecule has 0 radical (unpaired) electrons. The second kappa shape index (κ2) is 10.1. The molecular weight excluding hydrogens is 292 g/mol. The molecule has 1 rings (SSSR count). The highest BCUT2D eigenvalue weighted by atomic mass is 16.6. The lowest BCUT2D eigenvalue weighted by molar-refractivity contribution is 0.0490. The van der Waals surface area contributed by atoms with Crippen LogP contribution in [0.5, 0.6) is 0 Å². The standard InChI is InChI=1S/C18H36N2O3/c1-14(2)22-13-7-6-12-19-15-8-10-16(11-9-15)20-17(21)23-18(3,4)5/h14-16,19H,6-13H2,1-5H3,(H,20,21). The van der Waals surface area contributed by atoms with Gasteiger partial charge in [-0.1, -0.05) is 0 Å². The third-order valence-electron chi connectivity index (χ3n) is 3.90. The maximum absolute atomic E-state index is 11.8. The monoisotopic (exact) mass is 328 g/mol. The Kier molecular flexibility index (Phi) is 8.92. The van der Waals surface area contributed by atoms with Crippen molar-refractivity contribution in [2.24, 2.45) is 0 Å². The summed E-state index contributed by atoms with van der Waals surface area (Å²) in [6.07, 6.45) is 6.57. The van der Waals surface area contributed by atoms with E-state index in [-0.39, 0.29) is 12.1 Å².